The van der Waals surface area contributed by atoms with Gasteiger partial charge in [0.25, 0.3) is 5.91 Å². The third kappa shape index (κ3) is 3.10. The minimum atomic E-state index is -0.0688. The van der Waals surface area contributed by atoms with Crippen molar-refractivity contribution in [2.45, 2.75) is 0 Å². The van der Waals surface area contributed by atoms with Crippen molar-refractivity contribution in [3.05, 3.63) is 49.7 Å². The van der Waals surface area contributed by atoms with E-state index < -0.39 is 0 Å². The summed E-state index contributed by atoms with van der Waals surface area (Å²) in [4.78, 5) is 13.8. The van der Waals surface area contributed by atoms with Crippen LogP contribution >= 0.6 is 33.9 Å². The zero-order chi connectivity index (χ0) is 14.7. The lowest BCUT2D eigenvalue weighted by Gasteiger charge is -2.16. The summed E-state index contributed by atoms with van der Waals surface area (Å²) in [5.74, 6) is -0.0290. The molecule has 0 unspecified atom stereocenters. The molecule has 0 fully saturated rings. The van der Waals surface area contributed by atoms with Crippen molar-refractivity contribution in [1.29, 1.82) is 0 Å². The Balaban J connectivity index is 2.21. The number of amides is 1. The highest BCUT2D eigenvalue weighted by atomic mass is 127. The Bertz CT molecular complexity index is 652. The summed E-state index contributed by atoms with van der Waals surface area (Å²) in [6, 6.07) is 8.76. The summed E-state index contributed by atoms with van der Waals surface area (Å²) in [5.41, 5.74) is 7.50. The predicted octanol–water partition coefficient (Wildman–Crippen LogP) is 2.72. The Morgan fingerprint density at radius 2 is 2.00 bits per heavy atom. The van der Waals surface area contributed by atoms with Gasteiger partial charge in [0.2, 0.25) is 0 Å². The summed E-state index contributed by atoms with van der Waals surface area (Å²) in [6.07, 6.45) is 0. The highest BCUT2D eigenvalue weighted by Gasteiger charge is 2.15. The van der Waals surface area contributed by atoms with E-state index >= 15 is 0 Å². The fourth-order valence-corrected chi connectivity index (χ4v) is 2.97. The average Bonchev–Trinajstić information content (AvgIpc) is 2.91. The number of thiophene rings is 1. The number of oxime groups is 1. The highest BCUT2D eigenvalue weighted by Crippen LogP contribution is 2.21. The first kappa shape index (κ1) is 14.8. The number of benzene rings is 1. The third-order valence-corrected chi connectivity index (χ3v) is 4.57. The number of carbonyl (C=O) groups excluding carboxylic acids is 1. The lowest BCUT2D eigenvalue weighted by molar-refractivity contribution is 0.0993. The number of amidine groups is 1. The number of hydrogen-bond acceptors (Lipinski definition) is 4. The molecule has 104 valence electrons. The van der Waals surface area contributed by atoms with E-state index in [1.807, 2.05) is 11.4 Å². The van der Waals surface area contributed by atoms with Gasteiger partial charge in [0.1, 0.15) is 0 Å². The molecule has 0 aliphatic carbocycles. The Labute approximate surface area is 133 Å². The second kappa shape index (κ2) is 6.23. The molecule has 3 N–H and O–H groups in total. The molecule has 0 aliphatic rings. The van der Waals surface area contributed by atoms with Crippen LogP contribution in [0.15, 0.2) is 40.9 Å². The van der Waals surface area contributed by atoms with Crippen LogP contribution in [0, 0.1) is 2.88 Å². The van der Waals surface area contributed by atoms with E-state index in [1.54, 1.807) is 36.2 Å². The van der Waals surface area contributed by atoms with Crippen LogP contribution in [-0.4, -0.2) is 24.0 Å². The lowest BCUT2D eigenvalue weighted by atomic mass is 10.1. The van der Waals surface area contributed by atoms with Gasteiger partial charge in [0.05, 0.1) is 8.45 Å². The number of nitrogens with two attached hydrogens (primary N) is 1. The van der Waals surface area contributed by atoms with Gasteiger partial charge in [-0.05, 0) is 52.9 Å². The second-order valence-electron chi connectivity index (χ2n) is 4.04. The molecule has 2 rings (SSSR count). The van der Waals surface area contributed by atoms with E-state index in [0.29, 0.717) is 11.1 Å². The first-order chi connectivity index (χ1) is 9.52. The van der Waals surface area contributed by atoms with E-state index in [1.165, 1.54) is 11.3 Å². The van der Waals surface area contributed by atoms with E-state index in [0.717, 1.165) is 8.57 Å². The summed E-state index contributed by atoms with van der Waals surface area (Å²) in [5, 5.41) is 13.4. The predicted molar refractivity (Wildman–Crippen MR) is 88.7 cm³/mol. The lowest BCUT2D eigenvalue weighted by Crippen LogP contribution is -2.25. The van der Waals surface area contributed by atoms with E-state index in [-0.39, 0.29) is 11.7 Å². The van der Waals surface area contributed by atoms with Gasteiger partial charge in [-0.25, -0.2) is 0 Å². The van der Waals surface area contributed by atoms with Crippen LogP contribution in [-0.2, 0) is 0 Å². The Morgan fingerprint density at radius 1 is 1.35 bits per heavy atom. The standard InChI is InChI=1S/C13H12IN3O2S/c1-17(13(18)9-6-11(14)20-7-9)10-4-2-8(3-5-10)12(15)16-19/h2-7,19H,1H3,(H2,15,16). The van der Waals surface area contributed by atoms with Crippen LogP contribution in [0.25, 0.3) is 0 Å². The molecule has 0 atom stereocenters. The number of anilines is 1. The van der Waals surface area contributed by atoms with Crippen LogP contribution in [0.4, 0.5) is 5.69 Å². The fourth-order valence-electron chi connectivity index (χ4n) is 1.65. The molecule has 0 radical (unpaired) electrons. The average molecular weight is 401 g/mol. The minimum Gasteiger partial charge on any atom is -0.409 e. The van der Waals surface area contributed by atoms with Gasteiger partial charge in [0.15, 0.2) is 5.84 Å². The van der Waals surface area contributed by atoms with Crippen LogP contribution in [0.5, 0.6) is 0 Å². The first-order valence-electron chi connectivity index (χ1n) is 5.63. The fraction of sp³-hybridized carbons (Fsp3) is 0.0769. The Hall–Kier alpha value is -1.61. The Kier molecular flexibility index (Phi) is 4.61. The molecule has 0 saturated carbocycles. The summed E-state index contributed by atoms with van der Waals surface area (Å²) in [6.45, 7) is 0. The largest absolute Gasteiger partial charge is 0.409 e. The van der Waals surface area contributed by atoms with Crippen molar-refractivity contribution in [1.82, 2.24) is 0 Å². The van der Waals surface area contributed by atoms with Gasteiger partial charge in [-0.1, -0.05) is 5.16 Å². The molecule has 2 aromatic rings. The van der Waals surface area contributed by atoms with Gasteiger partial charge in [0, 0.05) is 23.7 Å². The number of nitrogens with zero attached hydrogens (tertiary/aromatic N) is 2. The molecule has 1 heterocycles. The molecular formula is C13H12IN3O2S. The maximum Gasteiger partial charge on any atom is 0.258 e. The van der Waals surface area contributed by atoms with E-state index in [4.69, 9.17) is 10.9 Å². The summed E-state index contributed by atoms with van der Waals surface area (Å²) < 4.78 is 1.07. The van der Waals surface area contributed by atoms with Crippen LogP contribution in [0.2, 0.25) is 0 Å². The smallest absolute Gasteiger partial charge is 0.258 e. The Morgan fingerprint density at radius 3 is 2.50 bits per heavy atom. The van der Waals surface area contributed by atoms with Crippen LogP contribution in [0.1, 0.15) is 15.9 Å². The normalized spacial score (nSPS) is 11.4. The van der Waals surface area contributed by atoms with Crippen molar-refractivity contribution in [2.24, 2.45) is 10.9 Å². The van der Waals surface area contributed by atoms with Crippen LogP contribution < -0.4 is 10.6 Å². The van der Waals surface area contributed by atoms with Crippen molar-refractivity contribution in [3.8, 4) is 0 Å². The molecule has 1 aromatic heterocycles. The molecule has 1 amide bonds. The molecule has 0 spiro atoms. The van der Waals surface area contributed by atoms with Crippen molar-refractivity contribution in [2.75, 3.05) is 11.9 Å². The second-order valence-corrected chi connectivity index (χ2v) is 6.84. The maximum absolute atomic E-state index is 12.3. The zero-order valence-corrected chi connectivity index (χ0v) is 13.6. The molecule has 20 heavy (non-hydrogen) atoms. The molecular weight excluding hydrogens is 389 g/mol. The van der Waals surface area contributed by atoms with E-state index in [2.05, 4.69) is 27.7 Å². The molecule has 0 aliphatic heterocycles. The summed E-state index contributed by atoms with van der Waals surface area (Å²) >= 11 is 3.72. The number of rotatable bonds is 3. The molecule has 0 bridgehead atoms. The number of carbonyl (C=O) groups is 1. The van der Waals surface area contributed by atoms with Crippen LogP contribution in [0.3, 0.4) is 0 Å². The first-order valence-corrected chi connectivity index (χ1v) is 7.59. The quantitative estimate of drug-likeness (QED) is 0.273. The van der Waals surface area contributed by atoms with Gasteiger partial charge in [-0.15, -0.1) is 11.3 Å². The third-order valence-electron chi connectivity index (χ3n) is 2.78. The van der Waals surface area contributed by atoms with E-state index in [9.17, 15) is 4.79 Å². The number of hydrogen-bond donors (Lipinski definition) is 2. The molecule has 1 aromatic carbocycles. The van der Waals surface area contributed by atoms with Gasteiger partial charge < -0.3 is 15.8 Å². The zero-order valence-electron chi connectivity index (χ0n) is 10.6. The summed E-state index contributed by atoms with van der Waals surface area (Å²) in [7, 11) is 1.71. The molecule has 0 saturated heterocycles. The van der Waals surface area contributed by atoms with Gasteiger partial charge in [-0.2, -0.15) is 0 Å². The van der Waals surface area contributed by atoms with Crippen molar-refractivity contribution >= 4 is 51.4 Å². The van der Waals surface area contributed by atoms with Gasteiger partial charge in [-0.3, -0.25) is 4.79 Å². The van der Waals surface area contributed by atoms with Crippen molar-refractivity contribution in [3.63, 3.8) is 0 Å². The number of halogens is 1. The highest BCUT2D eigenvalue weighted by molar-refractivity contribution is 14.1. The monoisotopic (exact) mass is 401 g/mol. The van der Waals surface area contributed by atoms with Gasteiger partial charge >= 0.3 is 0 Å². The topological polar surface area (TPSA) is 78.9 Å². The maximum atomic E-state index is 12.3. The van der Waals surface area contributed by atoms with Crippen molar-refractivity contribution < 1.29 is 10.0 Å². The molecule has 5 nitrogen and oxygen atoms in total. The molecule has 7 heteroatoms. The SMILES string of the molecule is CN(C(=O)c1csc(I)c1)c1ccc(C(N)=NO)cc1. The minimum absolute atomic E-state index is 0.0397.